The van der Waals surface area contributed by atoms with Gasteiger partial charge in [0.05, 0.1) is 4.90 Å². The number of halogens is 1. The van der Waals surface area contributed by atoms with E-state index in [1.165, 1.54) is 11.3 Å². The third kappa shape index (κ3) is 4.14. The van der Waals surface area contributed by atoms with Gasteiger partial charge in [-0.05, 0) is 59.0 Å². The average molecular weight is 389 g/mol. The van der Waals surface area contributed by atoms with Crippen LogP contribution in [-0.2, 0) is 16.6 Å². The van der Waals surface area contributed by atoms with Crippen molar-refractivity contribution in [1.82, 2.24) is 10.0 Å². The van der Waals surface area contributed by atoms with Crippen LogP contribution in [0.25, 0.3) is 0 Å². The normalized spacial score (nSPS) is 13.3. The molecule has 2 aromatic rings. The highest BCUT2D eigenvalue weighted by molar-refractivity contribution is 9.10. The third-order valence-corrected chi connectivity index (χ3v) is 6.54. The van der Waals surface area contributed by atoms with E-state index >= 15 is 0 Å². The molecule has 0 aliphatic rings. The Bertz CT molecular complexity index is 713. The van der Waals surface area contributed by atoms with E-state index in [4.69, 9.17) is 0 Å². The summed E-state index contributed by atoms with van der Waals surface area (Å²) < 4.78 is 28.3. The number of nitrogens with one attached hydrogen (secondary N) is 2. The van der Waals surface area contributed by atoms with Crippen molar-refractivity contribution >= 4 is 37.3 Å². The second-order valence-corrected chi connectivity index (χ2v) is 8.22. The summed E-state index contributed by atoms with van der Waals surface area (Å²) in [5, 5.41) is 5.02. The van der Waals surface area contributed by atoms with Crippen molar-refractivity contribution in [3.8, 4) is 0 Å². The first kappa shape index (κ1) is 16.6. The first-order valence-corrected chi connectivity index (χ1v) is 9.58. The molecule has 4 nitrogen and oxygen atoms in total. The lowest BCUT2D eigenvalue weighted by molar-refractivity contribution is 0.581. The zero-order valence-corrected chi connectivity index (χ0v) is 15.0. The van der Waals surface area contributed by atoms with Crippen molar-refractivity contribution in [3.63, 3.8) is 0 Å². The van der Waals surface area contributed by atoms with Crippen LogP contribution < -0.4 is 10.0 Å². The van der Waals surface area contributed by atoms with E-state index < -0.39 is 10.0 Å². The van der Waals surface area contributed by atoms with Crippen molar-refractivity contribution in [1.29, 1.82) is 0 Å². The minimum absolute atomic E-state index is 0.103. The van der Waals surface area contributed by atoms with E-state index in [1.807, 2.05) is 31.5 Å². The van der Waals surface area contributed by atoms with Crippen molar-refractivity contribution in [2.75, 3.05) is 7.05 Å². The summed E-state index contributed by atoms with van der Waals surface area (Å²) in [5.74, 6) is 0. The fraction of sp³-hybridized carbons (Fsp3) is 0.286. The standard InChI is InChI=1S/C14H17BrN2O2S2/c1-10(16-2)11-4-3-5-12(8-11)21(18,19)17-9-14-13(15)6-7-20-14/h3-8,10,16-17H,9H2,1-2H3. The number of rotatable bonds is 6. The monoisotopic (exact) mass is 388 g/mol. The largest absolute Gasteiger partial charge is 0.313 e. The van der Waals surface area contributed by atoms with Gasteiger partial charge in [-0.3, -0.25) is 0 Å². The van der Waals surface area contributed by atoms with Crippen LogP contribution >= 0.6 is 27.3 Å². The molecule has 2 N–H and O–H groups in total. The minimum atomic E-state index is -3.51. The van der Waals surface area contributed by atoms with Crippen molar-refractivity contribution in [2.45, 2.75) is 24.4 Å². The summed E-state index contributed by atoms with van der Waals surface area (Å²) in [6.45, 7) is 2.27. The van der Waals surface area contributed by atoms with Gasteiger partial charge in [-0.15, -0.1) is 11.3 Å². The maximum Gasteiger partial charge on any atom is 0.240 e. The maximum atomic E-state index is 12.4. The van der Waals surface area contributed by atoms with Crippen LogP contribution in [-0.4, -0.2) is 15.5 Å². The van der Waals surface area contributed by atoms with Crippen LogP contribution in [0.1, 0.15) is 23.4 Å². The van der Waals surface area contributed by atoms with E-state index in [1.54, 1.807) is 18.2 Å². The molecule has 0 amide bonds. The molecule has 0 aliphatic heterocycles. The van der Waals surface area contributed by atoms with Gasteiger partial charge in [0, 0.05) is 21.9 Å². The molecule has 1 unspecified atom stereocenters. The molecule has 0 saturated heterocycles. The molecular formula is C14H17BrN2O2S2. The predicted molar refractivity (Wildman–Crippen MR) is 90.0 cm³/mol. The van der Waals surface area contributed by atoms with Gasteiger partial charge < -0.3 is 5.32 Å². The molecule has 0 spiro atoms. The average Bonchev–Trinajstić information content (AvgIpc) is 2.90. The summed E-state index contributed by atoms with van der Waals surface area (Å²) in [7, 11) is -1.66. The molecule has 1 aromatic carbocycles. The second-order valence-electron chi connectivity index (χ2n) is 4.60. The Kier molecular flexibility index (Phi) is 5.56. The van der Waals surface area contributed by atoms with Gasteiger partial charge in [0.2, 0.25) is 10.0 Å². The van der Waals surface area contributed by atoms with Crippen molar-refractivity contribution < 1.29 is 8.42 Å². The summed E-state index contributed by atoms with van der Waals surface area (Å²) in [6, 6.07) is 9.00. The smallest absolute Gasteiger partial charge is 0.240 e. The lowest BCUT2D eigenvalue weighted by Gasteiger charge is -2.12. The zero-order valence-electron chi connectivity index (χ0n) is 11.8. The molecule has 0 radical (unpaired) electrons. The molecule has 21 heavy (non-hydrogen) atoms. The van der Waals surface area contributed by atoms with Crippen molar-refractivity contribution in [2.24, 2.45) is 0 Å². The molecule has 1 aromatic heterocycles. The quantitative estimate of drug-likeness (QED) is 0.797. The lowest BCUT2D eigenvalue weighted by Crippen LogP contribution is -2.23. The zero-order chi connectivity index (χ0) is 15.5. The van der Waals surface area contributed by atoms with Gasteiger partial charge in [0.1, 0.15) is 0 Å². The van der Waals surface area contributed by atoms with Crippen LogP contribution in [0.3, 0.4) is 0 Å². The molecule has 114 valence electrons. The second kappa shape index (κ2) is 7.02. The number of benzene rings is 1. The molecule has 0 fully saturated rings. The topological polar surface area (TPSA) is 58.2 Å². The Morgan fingerprint density at radius 3 is 2.71 bits per heavy atom. The van der Waals surface area contributed by atoms with Crippen LogP contribution in [0.15, 0.2) is 45.1 Å². The van der Waals surface area contributed by atoms with E-state index in [9.17, 15) is 8.42 Å². The minimum Gasteiger partial charge on any atom is -0.313 e. The third-order valence-electron chi connectivity index (χ3n) is 3.22. The Hall–Kier alpha value is -0.730. The van der Waals surface area contributed by atoms with Gasteiger partial charge in [-0.1, -0.05) is 12.1 Å². The molecule has 1 heterocycles. The molecule has 0 aliphatic carbocycles. The highest BCUT2D eigenvalue weighted by Crippen LogP contribution is 2.23. The highest BCUT2D eigenvalue weighted by Gasteiger charge is 2.16. The summed E-state index contributed by atoms with van der Waals surface area (Å²) in [6.07, 6.45) is 0. The van der Waals surface area contributed by atoms with E-state index in [0.717, 1.165) is 14.9 Å². The molecule has 0 bridgehead atoms. The molecule has 1 atom stereocenters. The van der Waals surface area contributed by atoms with E-state index in [-0.39, 0.29) is 17.5 Å². The molecule has 0 saturated carbocycles. The van der Waals surface area contributed by atoms with Crippen LogP contribution in [0.2, 0.25) is 0 Å². The number of thiophene rings is 1. The predicted octanol–water partition coefficient (Wildman–Crippen LogP) is 3.27. The number of hydrogen-bond acceptors (Lipinski definition) is 4. The van der Waals surface area contributed by atoms with Gasteiger partial charge >= 0.3 is 0 Å². The Morgan fingerprint density at radius 2 is 2.10 bits per heavy atom. The highest BCUT2D eigenvalue weighted by atomic mass is 79.9. The molecule has 2 rings (SSSR count). The molecular weight excluding hydrogens is 372 g/mol. The molecule has 7 heteroatoms. The van der Waals surface area contributed by atoms with Gasteiger partial charge in [0.15, 0.2) is 0 Å². The van der Waals surface area contributed by atoms with Gasteiger partial charge in [-0.25, -0.2) is 13.1 Å². The summed E-state index contributed by atoms with van der Waals surface area (Å²) in [4.78, 5) is 1.24. The van der Waals surface area contributed by atoms with Crippen LogP contribution in [0, 0.1) is 0 Å². The number of sulfonamides is 1. The Balaban J connectivity index is 2.18. The SMILES string of the molecule is CNC(C)c1cccc(S(=O)(=O)NCc2sccc2Br)c1. The summed E-state index contributed by atoms with van der Waals surface area (Å²) in [5.41, 5.74) is 0.942. The van der Waals surface area contributed by atoms with Crippen LogP contribution in [0.4, 0.5) is 0 Å². The summed E-state index contributed by atoms with van der Waals surface area (Å²) >= 11 is 4.91. The first-order chi connectivity index (χ1) is 9.94. The van der Waals surface area contributed by atoms with Gasteiger partial charge in [-0.2, -0.15) is 0 Å². The maximum absolute atomic E-state index is 12.4. The Morgan fingerprint density at radius 1 is 1.33 bits per heavy atom. The van der Waals surface area contributed by atoms with E-state index in [0.29, 0.717) is 0 Å². The first-order valence-electron chi connectivity index (χ1n) is 6.43. The van der Waals surface area contributed by atoms with E-state index in [2.05, 4.69) is 26.0 Å². The van der Waals surface area contributed by atoms with Gasteiger partial charge in [0.25, 0.3) is 0 Å². The number of hydrogen-bond donors (Lipinski definition) is 2. The lowest BCUT2D eigenvalue weighted by atomic mass is 10.1. The Labute approximate surface area is 137 Å². The van der Waals surface area contributed by atoms with Crippen molar-refractivity contribution in [3.05, 3.63) is 50.6 Å². The fourth-order valence-electron chi connectivity index (χ4n) is 1.81. The van der Waals surface area contributed by atoms with Crippen LogP contribution in [0.5, 0.6) is 0 Å². The fourth-order valence-corrected chi connectivity index (χ4v) is 4.39.